The first-order chi connectivity index (χ1) is 8.75. The molecule has 0 radical (unpaired) electrons. The first-order valence-corrected chi connectivity index (χ1v) is 5.48. The Kier molecular flexibility index (Phi) is 3.95. The zero-order valence-corrected chi connectivity index (χ0v) is 9.56. The second-order valence-corrected chi connectivity index (χ2v) is 3.68. The van der Waals surface area contributed by atoms with E-state index in [0.29, 0.717) is 13.0 Å². The number of aryl methyl sites for hydroxylation is 1. The Morgan fingerprint density at radius 2 is 2.33 bits per heavy atom. The fourth-order valence-corrected chi connectivity index (χ4v) is 1.45. The minimum atomic E-state index is -0.524. The lowest BCUT2D eigenvalue weighted by Crippen LogP contribution is -2.25. The van der Waals surface area contributed by atoms with Gasteiger partial charge in [0.05, 0.1) is 11.8 Å². The molecular weight excluding hydrogens is 237 g/mol. The fourth-order valence-electron chi connectivity index (χ4n) is 1.45. The van der Waals surface area contributed by atoms with Crippen molar-refractivity contribution >= 4 is 5.91 Å². The van der Waals surface area contributed by atoms with Gasteiger partial charge in [-0.1, -0.05) is 0 Å². The lowest BCUT2D eigenvalue weighted by molar-refractivity contribution is 0.0952. The van der Waals surface area contributed by atoms with Crippen molar-refractivity contribution in [1.29, 1.82) is 0 Å². The Morgan fingerprint density at radius 3 is 3.06 bits per heavy atom. The van der Waals surface area contributed by atoms with Crippen molar-refractivity contribution in [1.82, 2.24) is 25.5 Å². The summed E-state index contributed by atoms with van der Waals surface area (Å²) in [7, 11) is 0. The standard InChI is InChI=1S/C11H12FN5O/c12-9-4-8(5-13-6-9)11(18)14-3-1-2-10-15-7-16-17-10/h4-7H,1-3H2,(H,14,18)(H,15,16,17). The SMILES string of the molecule is O=C(NCCCc1ncn[nH]1)c1cncc(F)c1. The number of halogens is 1. The molecule has 2 aromatic rings. The summed E-state index contributed by atoms with van der Waals surface area (Å²) >= 11 is 0. The summed E-state index contributed by atoms with van der Waals surface area (Å²) in [4.78, 5) is 19.2. The van der Waals surface area contributed by atoms with Crippen molar-refractivity contribution in [3.8, 4) is 0 Å². The molecule has 0 unspecified atom stereocenters. The fraction of sp³-hybridized carbons (Fsp3) is 0.273. The molecular formula is C11H12FN5O. The number of H-pyrrole nitrogens is 1. The highest BCUT2D eigenvalue weighted by atomic mass is 19.1. The number of carbonyl (C=O) groups excluding carboxylic acids is 1. The number of nitrogens with one attached hydrogen (secondary N) is 2. The highest BCUT2D eigenvalue weighted by Crippen LogP contribution is 2.00. The molecule has 0 aliphatic carbocycles. The van der Waals surface area contributed by atoms with E-state index in [9.17, 15) is 9.18 Å². The molecule has 0 atom stereocenters. The van der Waals surface area contributed by atoms with Gasteiger partial charge in [0, 0.05) is 19.2 Å². The van der Waals surface area contributed by atoms with Gasteiger partial charge >= 0.3 is 0 Å². The average molecular weight is 249 g/mol. The van der Waals surface area contributed by atoms with Gasteiger partial charge in [-0.25, -0.2) is 9.37 Å². The van der Waals surface area contributed by atoms with Crippen LogP contribution in [0.2, 0.25) is 0 Å². The number of hydrogen-bond donors (Lipinski definition) is 2. The Morgan fingerprint density at radius 1 is 1.44 bits per heavy atom. The van der Waals surface area contributed by atoms with Gasteiger partial charge in [0.2, 0.25) is 0 Å². The van der Waals surface area contributed by atoms with E-state index in [1.54, 1.807) is 0 Å². The molecule has 2 N–H and O–H groups in total. The van der Waals surface area contributed by atoms with Crippen LogP contribution in [0, 0.1) is 5.82 Å². The van der Waals surface area contributed by atoms with E-state index >= 15 is 0 Å². The lowest BCUT2D eigenvalue weighted by atomic mass is 10.2. The zero-order chi connectivity index (χ0) is 12.8. The number of aromatic nitrogens is 4. The molecule has 0 fully saturated rings. The topological polar surface area (TPSA) is 83.6 Å². The predicted octanol–water partition coefficient (Wildman–Crippen LogP) is 0.701. The molecule has 0 aliphatic heterocycles. The van der Waals surface area contributed by atoms with Gasteiger partial charge in [-0.3, -0.25) is 14.9 Å². The van der Waals surface area contributed by atoms with Gasteiger partial charge in [-0.15, -0.1) is 0 Å². The molecule has 2 rings (SSSR count). The summed E-state index contributed by atoms with van der Waals surface area (Å²) in [6, 6.07) is 1.15. The highest BCUT2D eigenvalue weighted by molar-refractivity contribution is 5.93. The number of hydrogen-bond acceptors (Lipinski definition) is 4. The first kappa shape index (κ1) is 12.2. The molecule has 0 bridgehead atoms. The number of amides is 1. The molecule has 0 aliphatic rings. The predicted molar refractivity (Wildman–Crippen MR) is 61.2 cm³/mol. The van der Waals surface area contributed by atoms with Crippen molar-refractivity contribution in [3.63, 3.8) is 0 Å². The van der Waals surface area contributed by atoms with E-state index in [4.69, 9.17) is 0 Å². The van der Waals surface area contributed by atoms with Crippen LogP contribution in [-0.2, 0) is 6.42 Å². The Labute approximate surface area is 103 Å². The van der Waals surface area contributed by atoms with Crippen LogP contribution in [-0.4, -0.2) is 32.6 Å². The molecule has 6 nitrogen and oxygen atoms in total. The molecule has 94 valence electrons. The second-order valence-electron chi connectivity index (χ2n) is 3.68. The third kappa shape index (κ3) is 3.34. The largest absolute Gasteiger partial charge is 0.352 e. The third-order valence-corrected chi connectivity index (χ3v) is 2.31. The van der Waals surface area contributed by atoms with Crippen LogP contribution < -0.4 is 5.32 Å². The summed E-state index contributed by atoms with van der Waals surface area (Å²) in [6.07, 6.45) is 5.24. The number of carbonyl (C=O) groups is 1. The van der Waals surface area contributed by atoms with E-state index in [1.165, 1.54) is 12.5 Å². The maximum Gasteiger partial charge on any atom is 0.252 e. The van der Waals surface area contributed by atoms with Crippen LogP contribution in [0.25, 0.3) is 0 Å². The van der Waals surface area contributed by atoms with Crippen molar-refractivity contribution in [2.75, 3.05) is 6.54 Å². The van der Waals surface area contributed by atoms with Gasteiger partial charge in [0.25, 0.3) is 5.91 Å². The van der Waals surface area contributed by atoms with E-state index in [0.717, 1.165) is 24.5 Å². The molecule has 0 aromatic carbocycles. The van der Waals surface area contributed by atoms with Crippen LogP contribution in [0.4, 0.5) is 4.39 Å². The Balaban J connectivity index is 1.75. The molecule has 2 heterocycles. The monoisotopic (exact) mass is 249 g/mol. The van der Waals surface area contributed by atoms with Crippen molar-refractivity contribution in [2.45, 2.75) is 12.8 Å². The van der Waals surface area contributed by atoms with Gasteiger partial charge in [-0.2, -0.15) is 5.10 Å². The maximum atomic E-state index is 12.8. The normalized spacial score (nSPS) is 10.3. The quantitative estimate of drug-likeness (QED) is 0.764. The van der Waals surface area contributed by atoms with E-state index in [-0.39, 0.29) is 11.5 Å². The zero-order valence-electron chi connectivity index (χ0n) is 9.56. The van der Waals surface area contributed by atoms with E-state index in [1.807, 2.05) is 0 Å². The van der Waals surface area contributed by atoms with Gasteiger partial charge in [0.1, 0.15) is 18.0 Å². The molecule has 18 heavy (non-hydrogen) atoms. The molecule has 1 amide bonds. The first-order valence-electron chi connectivity index (χ1n) is 5.48. The Hall–Kier alpha value is -2.31. The van der Waals surface area contributed by atoms with Crippen molar-refractivity contribution in [2.24, 2.45) is 0 Å². The Bertz CT molecular complexity index is 514. The summed E-state index contributed by atoms with van der Waals surface area (Å²) in [6.45, 7) is 0.482. The molecule has 0 saturated carbocycles. The number of aromatic amines is 1. The lowest BCUT2D eigenvalue weighted by Gasteiger charge is -2.03. The summed E-state index contributed by atoms with van der Waals surface area (Å²) in [5, 5.41) is 9.13. The number of nitrogens with zero attached hydrogens (tertiary/aromatic N) is 3. The number of rotatable bonds is 5. The molecule has 7 heteroatoms. The van der Waals surface area contributed by atoms with E-state index < -0.39 is 5.82 Å². The molecule has 0 saturated heterocycles. The van der Waals surface area contributed by atoms with Crippen LogP contribution in [0.15, 0.2) is 24.8 Å². The van der Waals surface area contributed by atoms with Crippen LogP contribution in [0.1, 0.15) is 22.6 Å². The van der Waals surface area contributed by atoms with Gasteiger partial charge < -0.3 is 5.32 Å². The minimum Gasteiger partial charge on any atom is -0.352 e. The average Bonchev–Trinajstić information content (AvgIpc) is 2.87. The summed E-state index contributed by atoms with van der Waals surface area (Å²) in [5.74, 6) is -0.0828. The number of pyridine rings is 1. The highest BCUT2D eigenvalue weighted by Gasteiger charge is 2.06. The second kappa shape index (κ2) is 5.85. The van der Waals surface area contributed by atoms with Crippen LogP contribution in [0.5, 0.6) is 0 Å². The van der Waals surface area contributed by atoms with Gasteiger partial charge in [-0.05, 0) is 12.5 Å². The smallest absolute Gasteiger partial charge is 0.252 e. The minimum absolute atomic E-state index is 0.217. The molecule has 0 spiro atoms. The van der Waals surface area contributed by atoms with Crippen LogP contribution in [0.3, 0.4) is 0 Å². The van der Waals surface area contributed by atoms with Gasteiger partial charge in [0.15, 0.2) is 0 Å². The summed E-state index contributed by atoms with van der Waals surface area (Å²) < 4.78 is 12.8. The maximum absolute atomic E-state index is 12.8. The molecule has 2 aromatic heterocycles. The van der Waals surface area contributed by atoms with Crippen molar-refractivity contribution in [3.05, 3.63) is 42.0 Å². The van der Waals surface area contributed by atoms with Crippen molar-refractivity contribution < 1.29 is 9.18 Å². The summed E-state index contributed by atoms with van der Waals surface area (Å²) in [5.41, 5.74) is 0.217. The van der Waals surface area contributed by atoms with E-state index in [2.05, 4.69) is 25.5 Å². The van der Waals surface area contributed by atoms with Crippen LogP contribution >= 0.6 is 0 Å². The third-order valence-electron chi connectivity index (χ3n) is 2.31.